The highest BCUT2D eigenvalue weighted by Crippen LogP contribution is 2.46. The van der Waals surface area contributed by atoms with Crippen molar-refractivity contribution < 1.29 is 4.74 Å². The molecule has 1 aromatic heterocycles. The summed E-state index contributed by atoms with van der Waals surface area (Å²) in [4.78, 5) is 4.15. The molecule has 1 saturated carbocycles. The van der Waals surface area contributed by atoms with Crippen molar-refractivity contribution >= 4 is 15.9 Å². The molecule has 4 heteroatoms. The number of hydrogen-bond donors (Lipinski definition) is 1. The van der Waals surface area contributed by atoms with E-state index in [0.29, 0.717) is 5.88 Å². The Kier molecular flexibility index (Phi) is 2.04. The molecule has 0 radical (unpaired) electrons. The Labute approximate surface area is 85.4 Å². The maximum absolute atomic E-state index is 6.07. The topological polar surface area (TPSA) is 48.1 Å². The molecule has 70 valence electrons. The van der Waals surface area contributed by atoms with E-state index in [4.69, 9.17) is 10.5 Å². The number of ether oxygens (including phenoxy) is 1. The van der Waals surface area contributed by atoms with Crippen LogP contribution in [-0.2, 0) is 5.54 Å². The average molecular weight is 243 g/mol. The zero-order valence-electron chi connectivity index (χ0n) is 7.38. The Bertz CT molecular complexity index is 336. The van der Waals surface area contributed by atoms with Gasteiger partial charge in [0.05, 0.1) is 7.11 Å². The van der Waals surface area contributed by atoms with Gasteiger partial charge in [-0.05, 0) is 34.8 Å². The quantitative estimate of drug-likeness (QED) is 0.861. The summed E-state index contributed by atoms with van der Waals surface area (Å²) < 4.78 is 6.10. The molecule has 0 atom stereocenters. The van der Waals surface area contributed by atoms with Crippen LogP contribution in [0.1, 0.15) is 18.4 Å². The predicted molar refractivity (Wildman–Crippen MR) is 53.6 cm³/mol. The first kappa shape index (κ1) is 8.97. The Balaban J connectivity index is 2.47. The fourth-order valence-corrected chi connectivity index (χ4v) is 1.68. The lowest BCUT2D eigenvalue weighted by atomic mass is 10.1. The first-order valence-corrected chi connectivity index (χ1v) is 4.94. The Morgan fingerprint density at radius 1 is 1.62 bits per heavy atom. The standard InChI is InChI=1S/C9H11BrN2O/c1-13-8-7(9(11)2-3-9)4-6(10)5-12-8/h4-5H,2-3,11H2,1H3. The van der Waals surface area contributed by atoms with Gasteiger partial charge in [0, 0.05) is 21.8 Å². The molecule has 2 rings (SSSR count). The van der Waals surface area contributed by atoms with Crippen LogP contribution >= 0.6 is 15.9 Å². The largest absolute Gasteiger partial charge is 0.481 e. The third kappa shape index (κ3) is 1.56. The van der Waals surface area contributed by atoms with Crippen molar-refractivity contribution in [1.29, 1.82) is 0 Å². The van der Waals surface area contributed by atoms with E-state index in [1.54, 1.807) is 13.3 Å². The highest BCUT2D eigenvalue weighted by atomic mass is 79.9. The summed E-state index contributed by atoms with van der Waals surface area (Å²) in [5.41, 5.74) is 6.88. The molecule has 2 N–H and O–H groups in total. The van der Waals surface area contributed by atoms with Gasteiger partial charge < -0.3 is 10.5 Å². The van der Waals surface area contributed by atoms with Crippen LogP contribution in [0, 0.1) is 0 Å². The van der Waals surface area contributed by atoms with Gasteiger partial charge >= 0.3 is 0 Å². The van der Waals surface area contributed by atoms with Gasteiger partial charge in [0.25, 0.3) is 0 Å². The third-order valence-electron chi connectivity index (χ3n) is 2.34. The molecule has 1 aliphatic rings. The smallest absolute Gasteiger partial charge is 0.218 e. The van der Waals surface area contributed by atoms with Gasteiger partial charge in [0.15, 0.2) is 0 Å². The van der Waals surface area contributed by atoms with Crippen molar-refractivity contribution in [3.8, 4) is 5.88 Å². The summed E-state index contributed by atoms with van der Waals surface area (Å²) in [6.45, 7) is 0. The maximum Gasteiger partial charge on any atom is 0.218 e. The Hall–Kier alpha value is -0.610. The second-order valence-corrected chi connectivity index (χ2v) is 4.28. The van der Waals surface area contributed by atoms with Crippen LogP contribution in [0.25, 0.3) is 0 Å². The number of pyridine rings is 1. The van der Waals surface area contributed by atoms with E-state index in [1.807, 2.05) is 6.07 Å². The second-order valence-electron chi connectivity index (χ2n) is 3.37. The normalized spacial score (nSPS) is 18.4. The second kappa shape index (κ2) is 2.96. The van der Waals surface area contributed by atoms with Crippen LogP contribution in [0.15, 0.2) is 16.7 Å². The monoisotopic (exact) mass is 242 g/mol. The molecule has 1 fully saturated rings. The van der Waals surface area contributed by atoms with Gasteiger partial charge in [-0.15, -0.1) is 0 Å². The summed E-state index contributed by atoms with van der Waals surface area (Å²) in [6, 6.07) is 1.98. The summed E-state index contributed by atoms with van der Waals surface area (Å²) in [5, 5.41) is 0. The van der Waals surface area contributed by atoms with E-state index >= 15 is 0 Å². The van der Waals surface area contributed by atoms with Crippen LogP contribution in [-0.4, -0.2) is 12.1 Å². The van der Waals surface area contributed by atoms with Gasteiger partial charge in [-0.2, -0.15) is 0 Å². The minimum absolute atomic E-state index is 0.192. The minimum atomic E-state index is -0.192. The van der Waals surface area contributed by atoms with Crippen LogP contribution in [0.5, 0.6) is 5.88 Å². The first-order valence-electron chi connectivity index (χ1n) is 4.14. The zero-order chi connectivity index (χ0) is 9.47. The molecule has 0 saturated heterocycles. The molecule has 1 heterocycles. The fourth-order valence-electron chi connectivity index (χ4n) is 1.35. The Morgan fingerprint density at radius 3 is 2.85 bits per heavy atom. The van der Waals surface area contributed by atoms with E-state index in [2.05, 4.69) is 20.9 Å². The summed E-state index contributed by atoms with van der Waals surface area (Å²) in [6.07, 6.45) is 3.75. The van der Waals surface area contributed by atoms with E-state index < -0.39 is 0 Å². The molecular formula is C9H11BrN2O. The van der Waals surface area contributed by atoms with E-state index in [0.717, 1.165) is 22.9 Å². The Morgan fingerprint density at radius 2 is 2.31 bits per heavy atom. The third-order valence-corrected chi connectivity index (χ3v) is 2.77. The van der Waals surface area contributed by atoms with Crippen molar-refractivity contribution in [2.24, 2.45) is 5.73 Å². The summed E-state index contributed by atoms with van der Waals surface area (Å²) in [7, 11) is 1.62. The van der Waals surface area contributed by atoms with Crippen molar-refractivity contribution in [2.75, 3.05) is 7.11 Å². The van der Waals surface area contributed by atoms with E-state index in [1.165, 1.54) is 0 Å². The van der Waals surface area contributed by atoms with Crippen molar-refractivity contribution in [1.82, 2.24) is 4.98 Å². The average Bonchev–Trinajstić information content (AvgIpc) is 2.85. The number of nitrogens with two attached hydrogens (primary N) is 1. The molecule has 1 aliphatic carbocycles. The van der Waals surface area contributed by atoms with E-state index in [-0.39, 0.29) is 5.54 Å². The van der Waals surface area contributed by atoms with Crippen molar-refractivity contribution in [3.05, 3.63) is 22.3 Å². The molecule has 1 aromatic rings. The SMILES string of the molecule is COc1ncc(Br)cc1C1(N)CC1. The highest BCUT2D eigenvalue weighted by molar-refractivity contribution is 9.10. The molecule has 13 heavy (non-hydrogen) atoms. The summed E-state index contributed by atoms with van der Waals surface area (Å²) in [5.74, 6) is 0.642. The highest BCUT2D eigenvalue weighted by Gasteiger charge is 2.42. The van der Waals surface area contributed by atoms with Gasteiger partial charge in [-0.3, -0.25) is 0 Å². The number of hydrogen-bond acceptors (Lipinski definition) is 3. The first-order chi connectivity index (χ1) is 6.15. The fraction of sp³-hybridized carbons (Fsp3) is 0.444. The van der Waals surface area contributed by atoms with Gasteiger partial charge in [0.1, 0.15) is 0 Å². The van der Waals surface area contributed by atoms with Gasteiger partial charge in [-0.1, -0.05) is 0 Å². The number of aromatic nitrogens is 1. The minimum Gasteiger partial charge on any atom is -0.481 e. The van der Waals surface area contributed by atoms with Crippen LogP contribution in [0.3, 0.4) is 0 Å². The van der Waals surface area contributed by atoms with Gasteiger partial charge in [-0.25, -0.2) is 4.98 Å². The molecule has 0 amide bonds. The number of methoxy groups -OCH3 is 1. The molecule has 0 aromatic carbocycles. The lowest BCUT2D eigenvalue weighted by Crippen LogP contribution is -2.20. The molecular weight excluding hydrogens is 232 g/mol. The molecule has 0 spiro atoms. The van der Waals surface area contributed by atoms with E-state index in [9.17, 15) is 0 Å². The number of rotatable bonds is 2. The lowest BCUT2D eigenvalue weighted by molar-refractivity contribution is 0.387. The molecule has 0 unspecified atom stereocenters. The molecule has 0 aliphatic heterocycles. The lowest BCUT2D eigenvalue weighted by Gasteiger charge is -2.12. The van der Waals surface area contributed by atoms with Crippen molar-refractivity contribution in [2.45, 2.75) is 18.4 Å². The van der Waals surface area contributed by atoms with Crippen LogP contribution < -0.4 is 10.5 Å². The summed E-state index contributed by atoms with van der Waals surface area (Å²) >= 11 is 3.37. The number of halogens is 1. The molecule has 0 bridgehead atoms. The number of nitrogens with zero attached hydrogens (tertiary/aromatic N) is 1. The van der Waals surface area contributed by atoms with Crippen LogP contribution in [0.4, 0.5) is 0 Å². The zero-order valence-corrected chi connectivity index (χ0v) is 8.97. The maximum atomic E-state index is 6.07. The van der Waals surface area contributed by atoms with Crippen LogP contribution in [0.2, 0.25) is 0 Å². The van der Waals surface area contributed by atoms with Crippen molar-refractivity contribution in [3.63, 3.8) is 0 Å². The predicted octanol–water partition coefficient (Wildman–Crippen LogP) is 1.80. The molecule has 3 nitrogen and oxygen atoms in total. The van der Waals surface area contributed by atoms with Gasteiger partial charge in [0.2, 0.25) is 5.88 Å².